The number of benzene rings is 2. The van der Waals surface area contributed by atoms with Gasteiger partial charge in [0, 0.05) is 29.2 Å². The predicted octanol–water partition coefficient (Wildman–Crippen LogP) is 4.06. The summed E-state index contributed by atoms with van der Waals surface area (Å²) in [6.07, 6.45) is 0.173. The van der Waals surface area contributed by atoms with E-state index in [0.717, 1.165) is 11.3 Å². The highest BCUT2D eigenvalue weighted by Gasteiger charge is 2.36. The molecule has 6 nitrogen and oxygen atoms in total. The molecular formula is C20H17ClN2O4. The van der Waals surface area contributed by atoms with E-state index in [2.05, 4.69) is 4.98 Å². The topological polar surface area (TPSA) is 72.6 Å². The van der Waals surface area contributed by atoms with Crippen LogP contribution in [-0.4, -0.2) is 30.0 Å². The van der Waals surface area contributed by atoms with E-state index in [1.807, 2.05) is 24.3 Å². The normalized spacial score (nSPS) is 16.9. The standard InChI is InChI=1S/C20H17ClN2O4/c1-2-26-20(25)13-9-18(24)23(11-13)15-6-3-12(4-7-15)19-22-16-10-14(21)5-8-17(16)27-19/h3-8,10,13H,2,9,11H2,1H3/t13-/m1/s1. The monoisotopic (exact) mass is 384 g/mol. The molecule has 0 saturated carbocycles. The van der Waals surface area contributed by atoms with Crippen molar-refractivity contribution in [3.63, 3.8) is 0 Å². The Morgan fingerprint density at radius 3 is 2.81 bits per heavy atom. The van der Waals surface area contributed by atoms with Gasteiger partial charge in [0.25, 0.3) is 0 Å². The van der Waals surface area contributed by atoms with Crippen LogP contribution in [-0.2, 0) is 14.3 Å². The van der Waals surface area contributed by atoms with Crippen molar-refractivity contribution in [2.24, 2.45) is 5.92 Å². The Morgan fingerprint density at radius 2 is 2.07 bits per heavy atom. The zero-order valence-corrected chi connectivity index (χ0v) is 15.4. The molecule has 2 aromatic carbocycles. The first kappa shape index (κ1) is 17.5. The summed E-state index contributed by atoms with van der Waals surface area (Å²) in [5.74, 6) is -0.345. The van der Waals surface area contributed by atoms with E-state index < -0.39 is 5.92 Å². The van der Waals surface area contributed by atoms with Gasteiger partial charge in [-0.3, -0.25) is 9.59 Å². The molecule has 27 heavy (non-hydrogen) atoms. The largest absolute Gasteiger partial charge is 0.466 e. The molecule has 0 N–H and O–H groups in total. The van der Waals surface area contributed by atoms with E-state index in [1.165, 1.54) is 0 Å². The summed E-state index contributed by atoms with van der Waals surface area (Å²) < 4.78 is 10.8. The Bertz CT molecular complexity index is 1010. The van der Waals surface area contributed by atoms with Crippen LogP contribution in [0.25, 0.3) is 22.6 Å². The zero-order valence-electron chi connectivity index (χ0n) is 14.6. The second-order valence-electron chi connectivity index (χ2n) is 6.34. The molecule has 0 radical (unpaired) electrons. The predicted molar refractivity (Wildman–Crippen MR) is 102 cm³/mol. The van der Waals surface area contributed by atoms with Gasteiger partial charge in [0.05, 0.1) is 12.5 Å². The Hall–Kier alpha value is -2.86. The molecule has 1 aromatic heterocycles. The number of hydrogen-bond acceptors (Lipinski definition) is 5. The lowest BCUT2D eigenvalue weighted by molar-refractivity contribution is -0.147. The van der Waals surface area contributed by atoms with Crippen LogP contribution in [0.3, 0.4) is 0 Å². The van der Waals surface area contributed by atoms with E-state index in [0.29, 0.717) is 35.2 Å². The molecule has 0 bridgehead atoms. The fourth-order valence-corrected chi connectivity index (χ4v) is 3.35. The van der Waals surface area contributed by atoms with E-state index in [4.69, 9.17) is 20.8 Å². The number of rotatable bonds is 4. The molecule has 4 rings (SSSR count). The van der Waals surface area contributed by atoms with Crippen LogP contribution in [0.15, 0.2) is 46.9 Å². The summed E-state index contributed by atoms with van der Waals surface area (Å²) in [5.41, 5.74) is 2.87. The van der Waals surface area contributed by atoms with Crippen LogP contribution in [0.1, 0.15) is 13.3 Å². The van der Waals surface area contributed by atoms with Gasteiger partial charge in [-0.2, -0.15) is 0 Å². The van der Waals surface area contributed by atoms with E-state index in [1.54, 1.807) is 30.0 Å². The molecule has 0 aliphatic carbocycles. The summed E-state index contributed by atoms with van der Waals surface area (Å²) in [7, 11) is 0. The fraction of sp³-hybridized carbons (Fsp3) is 0.250. The summed E-state index contributed by atoms with van der Waals surface area (Å²) >= 11 is 5.98. The zero-order chi connectivity index (χ0) is 19.0. The molecule has 138 valence electrons. The number of anilines is 1. The second kappa shape index (κ2) is 7.04. The number of halogens is 1. The highest BCUT2D eigenvalue weighted by atomic mass is 35.5. The Morgan fingerprint density at radius 1 is 1.30 bits per heavy atom. The van der Waals surface area contributed by atoms with Gasteiger partial charge >= 0.3 is 5.97 Å². The Balaban J connectivity index is 1.55. The lowest BCUT2D eigenvalue weighted by atomic mass is 10.1. The number of carbonyl (C=O) groups excluding carboxylic acids is 2. The minimum absolute atomic E-state index is 0.0858. The van der Waals surface area contributed by atoms with Crippen molar-refractivity contribution in [2.45, 2.75) is 13.3 Å². The number of fused-ring (bicyclic) bond motifs is 1. The molecule has 1 aliphatic heterocycles. The number of aromatic nitrogens is 1. The third-order valence-electron chi connectivity index (χ3n) is 4.52. The molecule has 7 heteroatoms. The maximum Gasteiger partial charge on any atom is 0.311 e. The van der Waals surface area contributed by atoms with Crippen molar-refractivity contribution >= 4 is 40.3 Å². The highest BCUT2D eigenvalue weighted by molar-refractivity contribution is 6.31. The van der Waals surface area contributed by atoms with E-state index >= 15 is 0 Å². The molecule has 1 aliphatic rings. The number of nitrogens with zero attached hydrogens (tertiary/aromatic N) is 2. The van der Waals surface area contributed by atoms with Crippen LogP contribution >= 0.6 is 11.6 Å². The Labute approximate surface area is 160 Å². The van der Waals surface area contributed by atoms with Crippen LogP contribution in [0.4, 0.5) is 5.69 Å². The summed E-state index contributed by atoms with van der Waals surface area (Å²) in [6, 6.07) is 12.6. The summed E-state index contributed by atoms with van der Waals surface area (Å²) in [5, 5.41) is 0.599. The van der Waals surface area contributed by atoms with E-state index in [-0.39, 0.29) is 18.3 Å². The van der Waals surface area contributed by atoms with Gasteiger partial charge in [-0.05, 0) is 49.4 Å². The van der Waals surface area contributed by atoms with Gasteiger partial charge < -0.3 is 14.1 Å². The maximum absolute atomic E-state index is 12.3. The third-order valence-corrected chi connectivity index (χ3v) is 4.76. The van der Waals surface area contributed by atoms with Crippen LogP contribution in [0, 0.1) is 5.92 Å². The van der Waals surface area contributed by atoms with Crippen molar-refractivity contribution in [3.8, 4) is 11.5 Å². The average molecular weight is 385 g/mol. The smallest absolute Gasteiger partial charge is 0.311 e. The average Bonchev–Trinajstić information content (AvgIpc) is 3.25. The summed E-state index contributed by atoms with van der Waals surface area (Å²) in [6.45, 7) is 2.40. The SMILES string of the molecule is CCOC(=O)[C@@H]1CC(=O)N(c2ccc(-c3nc4cc(Cl)ccc4o3)cc2)C1. The minimum Gasteiger partial charge on any atom is -0.466 e. The van der Waals surface area contributed by atoms with Gasteiger partial charge in [-0.15, -0.1) is 0 Å². The molecule has 3 aromatic rings. The summed E-state index contributed by atoms with van der Waals surface area (Å²) in [4.78, 5) is 30.2. The number of carbonyl (C=O) groups is 2. The highest BCUT2D eigenvalue weighted by Crippen LogP contribution is 2.30. The molecule has 0 unspecified atom stereocenters. The first-order chi connectivity index (χ1) is 13.0. The Kier molecular flexibility index (Phi) is 4.58. The van der Waals surface area contributed by atoms with Crippen molar-refractivity contribution < 1.29 is 18.7 Å². The van der Waals surface area contributed by atoms with Crippen molar-refractivity contribution in [1.29, 1.82) is 0 Å². The maximum atomic E-state index is 12.3. The molecule has 1 amide bonds. The van der Waals surface area contributed by atoms with Crippen molar-refractivity contribution in [3.05, 3.63) is 47.5 Å². The van der Waals surface area contributed by atoms with Gasteiger partial charge in [0.2, 0.25) is 11.8 Å². The number of esters is 1. The number of ether oxygens (including phenoxy) is 1. The first-order valence-corrected chi connectivity index (χ1v) is 9.06. The van der Waals surface area contributed by atoms with Gasteiger partial charge in [-0.1, -0.05) is 11.6 Å². The number of oxazole rings is 1. The van der Waals surface area contributed by atoms with Crippen LogP contribution in [0.5, 0.6) is 0 Å². The third kappa shape index (κ3) is 3.40. The van der Waals surface area contributed by atoms with Crippen molar-refractivity contribution in [1.82, 2.24) is 4.98 Å². The number of hydrogen-bond donors (Lipinski definition) is 0. The van der Waals surface area contributed by atoms with Gasteiger partial charge in [-0.25, -0.2) is 4.98 Å². The minimum atomic E-state index is -0.418. The molecule has 1 saturated heterocycles. The fourth-order valence-electron chi connectivity index (χ4n) is 3.18. The second-order valence-corrected chi connectivity index (χ2v) is 6.77. The van der Waals surface area contributed by atoms with Crippen molar-refractivity contribution in [2.75, 3.05) is 18.1 Å². The molecule has 2 heterocycles. The number of amides is 1. The van der Waals surface area contributed by atoms with Gasteiger partial charge in [0.1, 0.15) is 5.52 Å². The first-order valence-electron chi connectivity index (χ1n) is 8.68. The van der Waals surface area contributed by atoms with Crippen LogP contribution < -0.4 is 4.90 Å². The lowest BCUT2D eigenvalue weighted by Gasteiger charge is -2.16. The lowest BCUT2D eigenvalue weighted by Crippen LogP contribution is -2.26. The molecule has 1 atom stereocenters. The molecular weight excluding hydrogens is 368 g/mol. The molecule has 0 spiro atoms. The van der Waals surface area contributed by atoms with Gasteiger partial charge in [0.15, 0.2) is 5.58 Å². The van der Waals surface area contributed by atoms with E-state index in [9.17, 15) is 9.59 Å². The molecule has 1 fully saturated rings. The van der Waals surface area contributed by atoms with Crippen LogP contribution in [0.2, 0.25) is 5.02 Å². The quantitative estimate of drug-likeness (QED) is 0.634.